The van der Waals surface area contributed by atoms with Crippen LogP contribution in [0.3, 0.4) is 0 Å². The number of aldehydes is 1. The van der Waals surface area contributed by atoms with Gasteiger partial charge in [-0.25, -0.2) is 0 Å². The van der Waals surface area contributed by atoms with Crippen LogP contribution in [0.5, 0.6) is 0 Å². The molecule has 0 spiro atoms. The zero-order valence-corrected chi connectivity index (χ0v) is 15.9. The highest BCUT2D eigenvalue weighted by Crippen LogP contribution is 2.32. The standard InChI is InChI=1S/C22H29NO2/c1-6-16(3)21(20(7-2)19-11-9-8-10-12-19)14-18(15-24)13-17(4)22(25)23-5/h8-15,20H,6-7H2,1-5H3,(H,23,25)/b17-13+,18-14+,21-16-. The lowest BCUT2D eigenvalue weighted by molar-refractivity contribution is -0.117. The fraction of sp³-hybridized carbons (Fsp3) is 0.364. The molecule has 0 radical (unpaired) electrons. The average Bonchev–Trinajstić information content (AvgIpc) is 2.66. The van der Waals surface area contributed by atoms with Gasteiger partial charge in [0.25, 0.3) is 0 Å². The van der Waals surface area contributed by atoms with Crippen LogP contribution in [0.1, 0.15) is 52.0 Å². The first-order chi connectivity index (χ1) is 12.0. The van der Waals surface area contributed by atoms with Crippen molar-refractivity contribution >= 4 is 12.2 Å². The first kappa shape index (κ1) is 20.6. The van der Waals surface area contributed by atoms with Crippen LogP contribution in [-0.4, -0.2) is 19.2 Å². The second-order valence-corrected chi connectivity index (χ2v) is 6.13. The van der Waals surface area contributed by atoms with Crippen LogP contribution in [0, 0.1) is 0 Å². The van der Waals surface area contributed by atoms with E-state index in [4.69, 9.17) is 0 Å². The minimum Gasteiger partial charge on any atom is -0.355 e. The van der Waals surface area contributed by atoms with E-state index in [1.54, 1.807) is 20.0 Å². The normalized spacial score (nSPS) is 14.6. The monoisotopic (exact) mass is 339 g/mol. The molecule has 0 aliphatic heterocycles. The Kier molecular flexibility index (Phi) is 8.62. The third kappa shape index (κ3) is 5.86. The van der Waals surface area contributed by atoms with Crippen molar-refractivity contribution in [1.82, 2.24) is 5.32 Å². The van der Waals surface area contributed by atoms with Gasteiger partial charge in [-0.3, -0.25) is 9.59 Å². The summed E-state index contributed by atoms with van der Waals surface area (Å²) in [5, 5.41) is 2.58. The van der Waals surface area contributed by atoms with E-state index in [-0.39, 0.29) is 11.8 Å². The minimum atomic E-state index is -0.180. The molecule has 0 heterocycles. The van der Waals surface area contributed by atoms with E-state index in [0.29, 0.717) is 11.1 Å². The van der Waals surface area contributed by atoms with E-state index in [1.807, 2.05) is 24.3 Å². The van der Waals surface area contributed by atoms with E-state index in [1.165, 1.54) is 11.1 Å². The quantitative estimate of drug-likeness (QED) is 0.423. The maximum absolute atomic E-state index is 11.7. The summed E-state index contributed by atoms with van der Waals surface area (Å²) < 4.78 is 0. The molecule has 1 rings (SSSR count). The van der Waals surface area contributed by atoms with Crippen molar-refractivity contribution in [3.63, 3.8) is 0 Å². The molecule has 3 heteroatoms. The Morgan fingerprint density at radius 3 is 2.24 bits per heavy atom. The van der Waals surface area contributed by atoms with Gasteiger partial charge in [0.05, 0.1) is 0 Å². The van der Waals surface area contributed by atoms with Crippen molar-refractivity contribution < 1.29 is 9.59 Å². The number of rotatable bonds is 8. The predicted octanol–water partition coefficient (Wildman–Crippen LogP) is 4.72. The van der Waals surface area contributed by atoms with E-state index in [0.717, 1.165) is 24.7 Å². The number of benzene rings is 1. The van der Waals surface area contributed by atoms with Gasteiger partial charge in [-0.1, -0.05) is 49.8 Å². The lowest BCUT2D eigenvalue weighted by atomic mass is 9.84. The zero-order valence-electron chi connectivity index (χ0n) is 15.9. The van der Waals surface area contributed by atoms with E-state index < -0.39 is 0 Å². The Labute approximate surface area is 151 Å². The average molecular weight is 339 g/mol. The zero-order chi connectivity index (χ0) is 18.8. The Bertz CT molecular complexity index is 681. The number of hydrogen-bond donors (Lipinski definition) is 1. The maximum Gasteiger partial charge on any atom is 0.246 e. The maximum atomic E-state index is 11.7. The molecule has 1 atom stereocenters. The van der Waals surface area contributed by atoms with E-state index in [2.05, 4.69) is 38.2 Å². The third-order valence-corrected chi connectivity index (χ3v) is 4.44. The molecule has 3 nitrogen and oxygen atoms in total. The summed E-state index contributed by atoms with van der Waals surface area (Å²) in [6, 6.07) is 10.3. The molecule has 0 saturated heterocycles. The second kappa shape index (κ2) is 10.4. The van der Waals surface area contributed by atoms with Gasteiger partial charge >= 0.3 is 0 Å². The largest absolute Gasteiger partial charge is 0.355 e. The van der Waals surface area contributed by atoms with Crippen molar-refractivity contribution in [2.24, 2.45) is 0 Å². The molecule has 0 aliphatic carbocycles. The number of likely N-dealkylation sites (N-methyl/N-ethyl adjacent to an activating group) is 1. The third-order valence-electron chi connectivity index (χ3n) is 4.44. The van der Waals surface area contributed by atoms with Gasteiger partial charge in [-0.05, 0) is 50.0 Å². The summed E-state index contributed by atoms with van der Waals surface area (Å²) in [6.45, 7) is 8.09. The topological polar surface area (TPSA) is 46.2 Å². The summed E-state index contributed by atoms with van der Waals surface area (Å²) in [5.41, 5.74) is 4.67. The summed E-state index contributed by atoms with van der Waals surface area (Å²) in [7, 11) is 1.58. The highest BCUT2D eigenvalue weighted by molar-refractivity contribution is 5.95. The molecule has 0 aliphatic rings. The fourth-order valence-corrected chi connectivity index (χ4v) is 2.85. The van der Waals surface area contributed by atoms with E-state index in [9.17, 15) is 9.59 Å². The molecular weight excluding hydrogens is 310 g/mol. The Hall–Kier alpha value is -2.42. The Morgan fingerprint density at radius 2 is 1.76 bits per heavy atom. The van der Waals surface area contributed by atoms with E-state index >= 15 is 0 Å². The minimum absolute atomic E-state index is 0.180. The number of nitrogens with one attached hydrogen (secondary N) is 1. The SMILES string of the molecule is CC/C(C)=C(/C=C(C=O)\C=C(/C)C(=O)NC)C(CC)c1ccccc1. The van der Waals surface area contributed by atoms with Crippen molar-refractivity contribution in [2.45, 2.75) is 46.5 Å². The van der Waals surface area contributed by atoms with Gasteiger partial charge < -0.3 is 5.32 Å². The predicted molar refractivity (Wildman–Crippen MR) is 104 cm³/mol. The Morgan fingerprint density at radius 1 is 1.12 bits per heavy atom. The van der Waals surface area contributed by atoms with Gasteiger partial charge in [0.1, 0.15) is 6.29 Å². The molecule has 0 bridgehead atoms. The molecule has 134 valence electrons. The molecule has 1 unspecified atom stereocenters. The first-order valence-corrected chi connectivity index (χ1v) is 8.80. The van der Waals surface area contributed by atoms with Gasteiger partial charge in [0.2, 0.25) is 5.91 Å². The van der Waals surface area contributed by atoms with Gasteiger partial charge in [0, 0.05) is 24.1 Å². The van der Waals surface area contributed by atoms with Gasteiger partial charge in [0.15, 0.2) is 0 Å². The van der Waals surface area contributed by atoms with Crippen molar-refractivity contribution in [2.75, 3.05) is 7.05 Å². The molecule has 1 N–H and O–H groups in total. The van der Waals surface area contributed by atoms with Crippen LogP contribution in [0.4, 0.5) is 0 Å². The molecule has 0 saturated carbocycles. The van der Waals surface area contributed by atoms with Crippen LogP contribution in [0.2, 0.25) is 0 Å². The van der Waals surface area contributed by atoms with Crippen LogP contribution in [-0.2, 0) is 9.59 Å². The molecular formula is C22H29NO2. The Balaban J connectivity index is 3.40. The fourth-order valence-electron chi connectivity index (χ4n) is 2.85. The van der Waals surface area contributed by atoms with Crippen LogP contribution in [0.15, 0.2) is 64.8 Å². The smallest absolute Gasteiger partial charge is 0.246 e. The van der Waals surface area contributed by atoms with Gasteiger partial charge in [-0.2, -0.15) is 0 Å². The molecule has 0 fully saturated rings. The lowest BCUT2D eigenvalue weighted by Gasteiger charge is -2.20. The number of hydrogen-bond acceptors (Lipinski definition) is 2. The molecule has 1 amide bonds. The van der Waals surface area contributed by atoms with Crippen LogP contribution >= 0.6 is 0 Å². The summed E-state index contributed by atoms with van der Waals surface area (Å²) >= 11 is 0. The summed E-state index contributed by atoms with van der Waals surface area (Å²) in [6.07, 6.45) is 6.25. The highest BCUT2D eigenvalue weighted by atomic mass is 16.1. The highest BCUT2D eigenvalue weighted by Gasteiger charge is 2.16. The molecule has 25 heavy (non-hydrogen) atoms. The second-order valence-electron chi connectivity index (χ2n) is 6.13. The van der Waals surface area contributed by atoms with Gasteiger partial charge in [-0.15, -0.1) is 0 Å². The van der Waals surface area contributed by atoms with Crippen LogP contribution < -0.4 is 5.32 Å². The van der Waals surface area contributed by atoms with Crippen LogP contribution in [0.25, 0.3) is 0 Å². The number of carbonyl (C=O) groups is 2. The molecule has 1 aromatic rings. The number of amides is 1. The molecule has 1 aromatic carbocycles. The van der Waals surface area contributed by atoms with Crippen molar-refractivity contribution in [3.8, 4) is 0 Å². The summed E-state index contributed by atoms with van der Waals surface area (Å²) in [4.78, 5) is 23.3. The first-order valence-electron chi connectivity index (χ1n) is 8.80. The number of allylic oxidation sites excluding steroid dienone is 5. The lowest BCUT2D eigenvalue weighted by Crippen LogP contribution is -2.18. The molecule has 0 aromatic heterocycles. The van der Waals surface area contributed by atoms with Crippen molar-refractivity contribution in [3.05, 3.63) is 70.3 Å². The number of carbonyl (C=O) groups excluding carboxylic acids is 2. The van der Waals surface area contributed by atoms with Crippen molar-refractivity contribution in [1.29, 1.82) is 0 Å². The summed E-state index contributed by atoms with van der Waals surface area (Å²) in [5.74, 6) is 0.0467.